The molecule has 0 atom stereocenters. The SMILES string of the molecule is NC1CN(C(=O)c2cc(F)ccc2O)C1. The second kappa shape index (κ2) is 3.51. The van der Waals surface area contributed by atoms with Crippen molar-refractivity contribution in [2.75, 3.05) is 13.1 Å². The van der Waals surface area contributed by atoms with E-state index in [2.05, 4.69) is 0 Å². The van der Waals surface area contributed by atoms with Crippen molar-refractivity contribution in [3.63, 3.8) is 0 Å². The lowest BCUT2D eigenvalue weighted by Crippen LogP contribution is -2.57. The number of benzene rings is 1. The Bertz CT molecular complexity index is 402. The molecule has 1 aliphatic rings. The fourth-order valence-corrected chi connectivity index (χ4v) is 1.53. The van der Waals surface area contributed by atoms with Gasteiger partial charge in [-0.3, -0.25) is 4.79 Å². The Kier molecular flexibility index (Phi) is 2.32. The van der Waals surface area contributed by atoms with Crippen LogP contribution in [0.4, 0.5) is 4.39 Å². The Morgan fingerprint density at radius 3 is 2.80 bits per heavy atom. The molecule has 1 aliphatic heterocycles. The first-order valence-corrected chi connectivity index (χ1v) is 4.61. The maximum absolute atomic E-state index is 12.9. The predicted molar refractivity (Wildman–Crippen MR) is 51.9 cm³/mol. The van der Waals surface area contributed by atoms with Crippen molar-refractivity contribution in [2.45, 2.75) is 6.04 Å². The van der Waals surface area contributed by atoms with Gasteiger partial charge in [-0.1, -0.05) is 0 Å². The lowest BCUT2D eigenvalue weighted by atomic mass is 10.1. The smallest absolute Gasteiger partial charge is 0.257 e. The summed E-state index contributed by atoms with van der Waals surface area (Å²) < 4.78 is 12.9. The highest BCUT2D eigenvalue weighted by atomic mass is 19.1. The molecule has 80 valence electrons. The number of halogens is 1. The molecule has 0 unspecified atom stereocenters. The zero-order valence-electron chi connectivity index (χ0n) is 7.98. The number of phenols is 1. The van der Waals surface area contributed by atoms with Crippen molar-refractivity contribution in [3.05, 3.63) is 29.6 Å². The molecule has 0 aliphatic carbocycles. The molecule has 2 rings (SSSR count). The van der Waals surface area contributed by atoms with Crippen LogP contribution in [0.5, 0.6) is 5.75 Å². The van der Waals surface area contributed by atoms with Crippen molar-refractivity contribution in [1.82, 2.24) is 4.90 Å². The van der Waals surface area contributed by atoms with E-state index in [-0.39, 0.29) is 23.3 Å². The molecule has 0 spiro atoms. The summed E-state index contributed by atoms with van der Waals surface area (Å²) in [5.74, 6) is -1.13. The summed E-state index contributed by atoms with van der Waals surface area (Å²) in [7, 11) is 0. The summed E-state index contributed by atoms with van der Waals surface area (Å²) in [6.07, 6.45) is 0. The highest BCUT2D eigenvalue weighted by Gasteiger charge is 2.29. The molecule has 1 aromatic carbocycles. The number of likely N-dealkylation sites (tertiary alicyclic amines) is 1. The number of phenolic OH excluding ortho intramolecular Hbond substituents is 1. The molecule has 0 aromatic heterocycles. The number of nitrogens with zero attached hydrogens (tertiary/aromatic N) is 1. The number of carbonyl (C=O) groups is 1. The number of aromatic hydroxyl groups is 1. The van der Waals surface area contributed by atoms with E-state index in [1.807, 2.05) is 0 Å². The molecule has 0 saturated carbocycles. The summed E-state index contributed by atoms with van der Waals surface area (Å²) in [6.45, 7) is 0.906. The van der Waals surface area contributed by atoms with Gasteiger partial charge in [0.2, 0.25) is 0 Å². The van der Waals surface area contributed by atoms with Gasteiger partial charge in [-0.25, -0.2) is 4.39 Å². The van der Waals surface area contributed by atoms with Crippen LogP contribution < -0.4 is 5.73 Å². The largest absolute Gasteiger partial charge is 0.507 e. The van der Waals surface area contributed by atoms with E-state index in [0.717, 1.165) is 12.1 Å². The van der Waals surface area contributed by atoms with Crippen molar-refractivity contribution in [2.24, 2.45) is 5.73 Å². The summed E-state index contributed by atoms with van der Waals surface area (Å²) >= 11 is 0. The van der Waals surface area contributed by atoms with Gasteiger partial charge in [0, 0.05) is 19.1 Å². The number of nitrogens with two attached hydrogens (primary N) is 1. The van der Waals surface area contributed by atoms with E-state index in [0.29, 0.717) is 13.1 Å². The second-order valence-electron chi connectivity index (χ2n) is 3.63. The Morgan fingerprint density at radius 2 is 2.20 bits per heavy atom. The molecule has 1 saturated heterocycles. The Labute approximate surface area is 86.1 Å². The van der Waals surface area contributed by atoms with Gasteiger partial charge < -0.3 is 15.7 Å². The Morgan fingerprint density at radius 1 is 1.53 bits per heavy atom. The summed E-state index contributed by atoms with van der Waals surface area (Å²) in [5, 5.41) is 9.39. The zero-order valence-corrected chi connectivity index (χ0v) is 7.98. The van der Waals surface area contributed by atoms with Crippen LogP contribution in [0.1, 0.15) is 10.4 Å². The standard InChI is InChI=1S/C10H11FN2O2/c11-6-1-2-9(14)8(3-6)10(15)13-4-7(12)5-13/h1-3,7,14H,4-5,12H2. The number of amides is 1. The van der Waals surface area contributed by atoms with E-state index < -0.39 is 5.82 Å². The minimum Gasteiger partial charge on any atom is -0.507 e. The molecule has 4 nitrogen and oxygen atoms in total. The molecule has 1 heterocycles. The second-order valence-corrected chi connectivity index (χ2v) is 3.63. The topological polar surface area (TPSA) is 66.6 Å². The van der Waals surface area contributed by atoms with Crippen LogP contribution in [-0.4, -0.2) is 35.0 Å². The predicted octanol–water partition coefficient (Wildman–Crippen LogP) is 0.314. The Hall–Kier alpha value is -1.62. The third-order valence-electron chi connectivity index (χ3n) is 2.39. The lowest BCUT2D eigenvalue weighted by molar-refractivity contribution is 0.0604. The highest BCUT2D eigenvalue weighted by Crippen LogP contribution is 2.21. The fourth-order valence-electron chi connectivity index (χ4n) is 1.53. The Balaban J connectivity index is 2.22. The highest BCUT2D eigenvalue weighted by molar-refractivity contribution is 5.97. The molecular weight excluding hydrogens is 199 g/mol. The third kappa shape index (κ3) is 1.78. The van der Waals surface area contributed by atoms with Gasteiger partial charge in [-0.05, 0) is 18.2 Å². The van der Waals surface area contributed by atoms with Crippen LogP contribution in [-0.2, 0) is 0 Å². The van der Waals surface area contributed by atoms with Crippen molar-refractivity contribution in [1.29, 1.82) is 0 Å². The minimum atomic E-state index is -0.541. The maximum Gasteiger partial charge on any atom is 0.257 e. The average Bonchev–Trinajstić information content (AvgIpc) is 2.16. The molecular formula is C10H11FN2O2. The van der Waals surface area contributed by atoms with Crippen LogP contribution in [0.3, 0.4) is 0 Å². The molecule has 3 N–H and O–H groups in total. The van der Waals surface area contributed by atoms with Gasteiger partial charge in [0.1, 0.15) is 11.6 Å². The summed E-state index contributed by atoms with van der Waals surface area (Å²) in [4.78, 5) is 13.2. The first-order chi connectivity index (χ1) is 7.08. The molecule has 0 radical (unpaired) electrons. The minimum absolute atomic E-state index is 0.00958. The number of carbonyl (C=O) groups excluding carboxylic acids is 1. The van der Waals surface area contributed by atoms with Gasteiger partial charge in [-0.15, -0.1) is 0 Å². The van der Waals surface area contributed by atoms with E-state index >= 15 is 0 Å². The van der Waals surface area contributed by atoms with Crippen LogP contribution in [0, 0.1) is 5.82 Å². The van der Waals surface area contributed by atoms with Gasteiger partial charge in [0.05, 0.1) is 5.56 Å². The first kappa shape index (κ1) is 9.92. The quantitative estimate of drug-likeness (QED) is 0.701. The molecule has 1 amide bonds. The molecule has 15 heavy (non-hydrogen) atoms. The van der Waals surface area contributed by atoms with Gasteiger partial charge >= 0.3 is 0 Å². The maximum atomic E-state index is 12.9. The van der Waals surface area contributed by atoms with Crippen LogP contribution in [0.15, 0.2) is 18.2 Å². The summed E-state index contributed by atoms with van der Waals surface area (Å²) in [5.41, 5.74) is 5.51. The van der Waals surface area contributed by atoms with Crippen molar-refractivity contribution >= 4 is 5.91 Å². The van der Waals surface area contributed by atoms with Crippen molar-refractivity contribution in [3.8, 4) is 5.75 Å². The third-order valence-corrected chi connectivity index (χ3v) is 2.39. The van der Waals surface area contributed by atoms with Gasteiger partial charge in [0.25, 0.3) is 5.91 Å². The van der Waals surface area contributed by atoms with Crippen LogP contribution >= 0.6 is 0 Å². The van der Waals surface area contributed by atoms with Crippen LogP contribution in [0.25, 0.3) is 0 Å². The molecule has 1 fully saturated rings. The molecule has 5 heteroatoms. The van der Waals surface area contributed by atoms with Crippen molar-refractivity contribution < 1.29 is 14.3 Å². The number of hydrogen-bond donors (Lipinski definition) is 2. The lowest BCUT2D eigenvalue weighted by Gasteiger charge is -2.36. The average molecular weight is 210 g/mol. The first-order valence-electron chi connectivity index (χ1n) is 4.61. The van der Waals surface area contributed by atoms with E-state index in [1.165, 1.54) is 11.0 Å². The zero-order chi connectivity index (χ0) is 11.0. The normalized spacial score (nSPS) is 16.3. The summed E-state index contributed by atoms with van der Waals surface area (Å²) in [6, 6.07) is 3.29. The molecule has 0 bridgehead atoms. The van der Waals surface area contributed by atoms with E-state index in [9.17, 15) is 14.3 Å². The van der Waals surface area contributed by atoms with Crippen LogP contribution in [0.2, 0.25) is 0 Å². The number of rotatable bonds is 1. The van der Waals surface area contributed by atoms with Gasteiger partial charge in [-0.2, -0.15) is 0 Å². The number of hydrogen-bond acceptors (Lipinski definition) is 3. The van der Waals surface area contributed by atoms with E-state index in [1.54, 1.807) is 0 Å². The van der Waals surface area contributed by atoms with E-state index in [4.69, 9.17) is 5.73 Å². The monoisotopic (exact) mass is 210 g/mol. The molecule has 1 aromatic rings. The fraction of sp³-hybridized carbons (Fsp3) is 0.300. The van der Waals surface area contributed by atoms with Gasteiger partial charge in [0.15, 0.2) is 0 Å².